The molecule has 2 rings (SSSR count). The number of anilines is 1. The quantitative estimate of drug-likeness (QED) is 0.784. The highest BCUT2D eigenvalue weighted by atomic mass is 79.9. The largest absolute Gasteiger partial charge is 0.381 e. The van der Waals surface area contributed by atoms with Crippen LogP contribution in [0.1, 0.15) is 12.8 Å². The molecule has 1 saturated heterocycles. The summed E-state index contributed by atoms with van der Waals surface area (Å²) in [5, 5.41) is 3.41. The van der Waals surface area contributed by atoms with Crippen molar-refractivity contribution < 1.29 is 4.74 Å². The number of halogens is 3. The number of ether oxygens (including phenoxy) is 1. The van der Waals surface area contributed by atoms with Gasteiger partial charge in [-0.2, -0.15) is 0 Å². The molecule has 88 valence electrons. The molecule has 0 bridgehead atoms. The summed E-state index contributed by atoms with van der Waals surface area (Å²) in [4.78, 5) is 0. The molecule has 0 amide bonds. The standard InChI is InChI=1S/C11H12Br3NO/c12-7-4-9(13)11(10(14)5-7)15-6-8-2-1-3-16-8/h4-5,8,15H,1-3,6H2. The Morgan fingerprint density at radius 1 is 1.25 bits per heavy atom. The molecule has 0 aliphatic carbocycles. The molecule has 0 saturated carbocycles. The zero-order chi connectivity index (χ0) is 11.5. The highest BCUT2D eigenvalue weighted by Gasteiger charge is 2.16. The van der Waals surface area contributed by atoms with Crippen molar-refractivity contribution in [3.63, 3.8) is 0 Å². The van der Waals surface area contributed by atoms with Gasteiger partial charge in [0.15, 0.2) is 0 Å². The van der Waals surface area contributed by atoms with E-state index < -0.39 is 0 Å². The molecule has 1 aromatic carbocycles. The van der Waals surface area contributed by atoms with Crippen LogP contribution in [-0.2, 0) is 4.74 Å². The fraction of sp³-hybridized carbons (Fsp3) is 0.455. The van der Waals surface area contributed by atoms with E-state index in [0.717, 1.165) is 38.7 Å². The van der Waals surface area contributed by atoms with Crippen molar-refractivity contribution in [3.8, 4) is 0 Å². The van der Waals surface area contributed by atoms with E-state index in [1.54, 1.807) is 0 Å². The molecule has 1 atom stereocenters. The molecule has 1 heterocycles. The van der Waals surface area contributed by atoms with Gasteiger partial charge < -0.3 is 10.1 Å². The minimum absolute atomic E-state index is 0.349. The Morgan fingerprint density at radius 2 is 1.94 bits per heavy atom. The SMILES string of the molecule is Brc1cc(Br)c(NCC2CCCO2)c(Br)c1. The van der Waals surface area contributed by atoms with Crippen LogP contribution >= 0.6 is 47.8 Å². The molecular formula is C11H12Br3NO. The first kappa shape index (κ1) is 12.9. The molecule has 5 heteroatoms. The van der Waals surface area contributed by atoms with Crippen LogP contribution in [0.15, 0.2) is 25.6 Å². The summed E-state index contributed by atoms with van der Waals surface area (Å²) in [7, 11) is 0. The van der Waals surface area contributed by atoms with Gasteiger partial charge in [-0.3, -0.25) is 0 Å². The Balaban J connectivity index is 2.03. The lowest BCUT2D eigenvalue weighted by molar-refractivity contribution is 0.120. The Bertz CT molecular complexity index is 354. The molecule has 16 heavy (non-hydrogen) atoms. The third-order valence-electron chi connectivity index (χ3n) is 2.54. The lowest BCUT2D eigenvalue weighted by Gasteiger charge is -2.14. The number of benzene rings is 1. The van der Waals surface area contributed by atoms with Crippen LogP contribution in [0.2, 0.25) is 0 Å². The van der Waals surface area contributed by atoms with Gasteiger partial charge in [0.2, 0.25) is 0 Å². The minimum Gasteiger partial charge on any atom is -0.381 e. The van der Waals surface area contributed by atoms with Crippen LogP contribution in [0, 0.1) is 0 Å². The van der Waals surface area contributed by atoms with Gasteiger partial charge in [0.1, 0.15) is 0 Å². The maximum atomic E-state index is 5.58. The molecular weight excluding hydrogens is 402 g/mol. The minimum atomic E-state index is 0.349. The van der Waals surface area contributed by atoms with Crippen LogP contribution in [-0.4, -0.2) is 19.3 Å². The van der Waals surface area contributed by atoms with Gasteiger partial charge in [-0.05, 0) is 56.8 Å². The first-order valence-electron chi connectivity index (χ1n) is 5.17. The summed E-state index contributed by atoms with van der Waals surface area (Å²) in [5.41, 5.74) is 1.08. The van der Waals surface area contributed by atoms with Crippen LogP contribution in [0.25, 0.3) is 0 Å². The second-order valence-electron chi connectivity index (χ2n) is 3.76. The zero-order valence-corrected chi connectivity index (χ0v) is 13.4. The van der Waals surface area contributed by atoms with Gasteiger partial charge in [-0.15, -0.1) is 0 Å². The number of hydrogen-bond donors (Lipinski definition) is 1. The molecule has 1 aromatic rings. The smallest absolute Gasteiger partial charge is 0.0748 e. The summed E-state index contributed by atoms with van der Waals surface area (Å²) in [6, 6.07) is 4.06. The van der Waals surface area contributed by atoms with Gasteiger partial charge in [0, 0.05) is 26.6 Å². The summed E-state index contributed by atoms with van der Waals surface area (Å²) >= 11 is 10.5. The number of hydrogen-bond acceptors (Lipinski definition) is 2. The van der Waals surface area contributed by atoms with Crippen molar-refractivity contribution in [1.82, 2.24) is 0 Å². The van der Waals surface area contributed by atoms with E-state index in [9.17, 15) is 0 Å². The normalized spacial score (nSPS) is 20.1. The number of nitrogens with one attached hydrogen (secondary N) is 1. The molecule has 0 aromatic heterocycles. The van der Waals surface area contributed by atoms with Crippen LogP contribution in [0.3, 0.4) is 0 Å². The van der Waals surface area contributed by atoms with E-state index in [4.69, 9.17) is 4.74 Å². The Kier molecular flexibility index (Phi) is 4.70. The first-order valence-corrected chi connectivity index (χ1v) is 7.55. The van der Waals surface area contributed by atoms with E-state index >= 15 is 0 Å². The van der Waals surface area contributed by atoms with Crippen LogP contribution < -0.4 is 5.32 Å². The Labute approximate surface area is 121 Å². The zero-order valence-electron chi connectivity index (χ0n) is 8.60. The van der Waals surface area contributed by atoms with E-state index in [-0.39, 0.29) is 0 Å². The lowest BCUT2D eigenvalue weighted by Crippen LogP contribution is -2.18. The molecule has 1 N–H and O–H groups in total. The predicted octanol–water partition coefficient (Wildman–Crippen LogP) is 4.57. The van der Waals surface area contributed by atoms with Crippen molar-refractivity contribution in [1.29, 1.82) is 0 Å². The Hall–Kier alpha value is 0.420. The highest BCUT2D eigenvalue weighted by molar-refractivity contribution is 9.11. The fourth-order valence-corrected chi connectivity index (χ4v) is 4.27. The summed E-state index contributed by atoms with van der Waals surface area (Å²) in [6.45, 7) is 1.76. The molecule has 2 nitrogen and oxygen atoms in total. The van der Waals surface area contributed by atoms with Crippen LogP contribution in [0.4, 0.5) is 5.69 Å². The maximum Gasteiger partial charge on any atom is 0.0748 e. The van der Waals surface area contributed by atoms with E-state index in [1.165, 1.54) is 6.42 Å². The van der Waals surface area contributed by atoms with Gasteiger partial charge in [-0.25, -0.2) is 0 Å². The van der Waals surface area contributed by atoms with E-state index in [1.807, 2.05) is 12.1 Å². The molecule has 0 spiro atoms. The monoisotopic (exact) mass is 411 g/mol. The topological polar surface area (TPSA) is 21.3 Å². The predicted molar refractivity (Wildman–Crippen MR) is 77.0 cm³/mol. The van der Waals surface area contributed by atoms with Gasteiger partial charge >= 0.3 is 0 Å². The average molecular weight is 414 g/mol. The van der Waals surface area contributed by atoms with Crippen molar-refractivity contribution in [3.05, 3.63) is 25.6 Å². The Morgan fingerprint density at radius 3 is 2.50 bits per heavy atom. The van der Waals surface area contributed by atoms with Gasteiger partial charge in [0.05, 0.1) is 11.8 Å². The second-order valence-corrected chi connectivity index (χ2v) is 6.38. The summed E-state index contributed by atoms with van der Waals surface area (Å²) in [6.07, 6.45) is 2.68. The summed E-state index contributed by atoms with van der Waals surface area (Å²) < 4.78 is 8.72. The van der Waals surface area contributed by atoms with Crippen LogP contribution in [0.5, 0.6) is 0 Å². The van der Waals surface area contributed by atoms with Gasteiger partial charge in [0.25, 0.3) is 0 Å². The summed E-state index contributed by atoms with van der Waals surface area (Å²) in [5.74, 6) is 0. The molecule has 1 fully saturated rings. The average Bonchev–Trinajstić information content (AvgIpc) is 2.68. The maximum absolute atomic E-state index is 5.58. The third-order valence-corrected chi connectivity index (χ3v) is 4.25. The van der Waals surface area contributed by atoms with Crippen molar-refractivity contribution in [2.45, 2.75) is 18.9 Å². The van der Waals surface area contributed by atoms with Gasteiger partial charge in [-0.1, -0.05) is 15.9 Å². The lowest BCUT2D eigenvalue weighted by atomic mass is 10.2. The molecule has 1 unspecified atom stereocenters. The highest BCUT2D eigenvalue weighted by Crippen LogP contribution is 2.34. The molecule has 0 radical (unpaired) electrons. The first-order chi connectivity index (χ1) is 7.66. The third kappa shape index (κ3) is 3.22. The van der Waals surface area contributed by atoms with Crippen molar-refractivity contribution in [2.75, 3.05) is 18.5 Å². The second kappa shape index (κ2) is 5.85. The number of rotatable bonds is 3. The molecule has 1 aliphatic rings. The van der Waals surface area contributed by atoms with Crippen molar-refractivity contribution >= 4 is 53.5 Å². The fourth-order valence-electron chi connectivity index (χ4n) is 1.73. The van der Waals surface area contributed by atoms with E-state index in [0.29, 0.717) is 6.10 Å². The van der Waals surface area contributed by atoms with E-state index in [2.05, 4.69) is 53.1 Å². The van der Waals surface area contributed by atoms with Crippen molar-refractivity contribution in [2.24, 2.45) is 0 Å². The molecule has 1 aliphatic heterocycles.